The Balaban J connectivity index is 1.66. The number of hydrogen-bond acceptors (Lipinski definition) is 3. The van der Waals surface area contributed by atoms with Gasteiger partial charge in [-0.2, -0.15) is 0 Å². The van der Waals surface area contributed by atoms with Gasteiger partial charge in [-0.3, -0.25) is 14.6 Å². The van der Waals surface area contributed by atoms with E-state index in [1.165, 1.54) is 0 Å². The van der Waals surface area contributed by atoms with Crippen molar-refractivity contribution in [3.05, 3.63) is 108 Å². The first-order chi connectivity index (χ1) is 15.1. The van der Waals surface area contributed by atoms with Gasteiger partial charge in [0.05, 0.1) is 12.3 Å². The van der Waals surface area contributed by atoms with Gasteiger partial charge in [0, 0.05) is 30.1 Å². The van der Waals surface area contributed by atoms with Gasteiger partial charge in [0.25, 0.3) is 0 Å². The molecule has 1 heterocycles. The fourth-order valence-electron chi connectivity index (χ4n) is 4.37. The van der Waals surface area contributed by atoms with Crippen LogP contribution in [0.2, 0.25) is 0 Å². The smallest absolute Gasteiger partial charge is 0.233 e. The van der Waals surface area contributed by atoms with Gasteiger partial charge in [-0.05, 0) is 12.5 Å². The van der Waals surface area contributed by atoms with Crippen molar-refractivity contribution in [2.45, 2.75) is 18.9 Å². The molecule has 0 aromatic heterocycles. The quantitative estimate of drug-likeness (QED) is 0.448. The lowest BCUT2D eigenvalue weighted by Crippen LogP contribution is -2.30. The maximum absolute atomic E-state index is 13.3. The summed E-state index contributed by atoms with van der Waals surface area (Å²) in [4.78, 5) is 32.7. The fraction of sp³-hybridized carbons (Fsp3) is 0.222. The molecule has 0 saturated carbocycles. The number of ketones is 1. The van der Waals surface area contributed by atoms with Gasteiger partial charge < -0.3 is 4.90 Å². The lowest BCUT2D eigenvalue weighted by molar-refractivity contribution is -0.136. The van der Waals surface area contributed by atoms with Crippen LogP contribution in [-0.2, 0) is 9.59 Å². The summed E-state index contributed by atoms with van der Waals surface area (Å²) in [5.41, 5.74) is 3.67. The number of rotatable bonds is 6. The Kier molecular flexibility index (Phi) is 6.08. The third kappa shape index (κ3) is 4.19. The van der Waals surface area contributed by atoms with Crippen molar-refractivity contribution in [3.63, 3.8) is 0 Å². The lowest BCUT2D eigenvalue weighted by atomic mass is 9.82. The molecule has 3 atom stereocenters. The molecule has 0 bridgehead atoms. The molecule has 1 saturated heterocycles. The molecule has 0 radical (unpaired) electrons. The molecule has 31 heavy (non-hydrogen) atoms. The van der Waals surface area contributed by atoms with Crippen LogP contribution in [0.5, 0.6) is 0 Å². The Hall–Kier alpha value is -3.53. The maximum Gasteiger partial charge on any atom is 0.233 e. The zero-order valence-corrected chi connectivity index (χ0v) is 17.8. The molecule has 1 aliphatic rings. The van der Waals surface area contributed by atoms with Crippen LogP contribution < -0.4 is 0 Å². The van der Waals surface area contributed by atoms with Crippen molar-refractivity contribution in [3.8, 4) is 0 Å². The number of Topliss-reactive ketones (excluding diaryl/α,β-unsaturated/α-hetero) is 1. The molecule has 1 unspecified atom stereocenters. The van der Waals surface area contributed by atoms with Gasteiger partial charge in [-0.15, -0.1) is 0 Å². The summed E-state index contributed by atoms with van der Waals surface area (Å²) >= 11 is 0. The highest BCUT2D eigenvalue weighted by Crippen LogP contribution is 2.38. The summed E-state index contributed by atoms with van der Waals surface area (Å²) < 4.78 is 0. The van der Waals surface area contributed by atoms with Gasteiger partial charge in [0.2, 0.25) is 5.91 Å². The fourth-order valence-corrected chi connectivity index (χ4v) is 4.37. The summed E-state index contributed by atoms with van der Waals surface area (Å²) in [6, 6.07) is 29.5. The molecular weight excluding hydrogens is 384 g/mol. The van der Waals surface area contributed by atoms with E-state index >= 15 is 0 Å². The van der Waals surface area contributed by atoms with Crippen molar-refractivity contribution < 1.29 is 9.59 Å². The number of likely N-dealkylation sites (tertiary alicyclic amines) is 1. The monoisotopic (exact) mass is 410 g/mol. The van der Waals surface area contributed by atoms with Gasteiger partial charge in [-0.1, -0.05) is 91.0 Å². The number of amides is 1. The normalized spacial score (nSPS) is 20.5. The molecule has 3 aromatic carbocycles. The van der Waals surface area contributed by atoms with Crippen LogP contribution >= 0.6 is 0 Å². The molecule has 1 aliphatic heterocycles. The van der Waals surface area contributed by atoms with E-state index < -0.39 is 5.92 Å². The second-order valence-electron chi connectivity index (χ2n) is 7.97. The van der Waals surface area contributed by atoms with Gasteiger partial charge >= 0.3 is 0 Å². The minimum Gasteiger partial charge on any atom is -0.342 e. The van der Waals surface area contributed by atoms with Crippen molar-refractivity contribution >= 4 is 17.4 Å². The van der Waals surface area contributed by atoms with Crippen molar-refractivity contribution in [2.75, 3.05) is 13.6 Å². The Labute approximate surface area is 183 Å². The minimum absolute atomic E-state index is 0.0284. The molecule has 4 heteroatoms. The van der Waals surface area contributed by atoms with Crippen molar-refractivity contribution in [1.29, 1.82) is 0 Å². The van der Waals surface area contributed by atoms with Crippen LogP contribution in [0.1, 0.15) is 29.5 Å². The van der Waals surface area contributed by atoms with E-state index in [4.69, 9.17) is 4.99 Å². The first-order valence-electron chi connectivity index (χ1n) is 10.6. The predicted octanol–water partition coefficient (Wildman–Crippen LogP) is 4.35. The SMILES string of the molecule is C[C@H]1[C@@H](c2ccccc2)C(C(=O)CN=C(c2ccccc2)c2ccccc2)C(=O)N1C. The number of benzene rings is 3. The minimum atomic E-state index is -0.709. The maximum atomic E-state index is 13.3. The van der Waals surface area contributed by atoms with Crippen LogP contribution in [0, 0.1) is 5.92 Å². The van der Waals surface area contributed by atoms with Gasteiger partial charge in [0.15, 0.2) is 5.78 Å². The zero-order valence-electron chi connectivity index (χ0n) is 17.8. The van der Waals surface area contributed by atoms with E-state index in [1.54, 1.807) is 11.9 Å². The number of hydrogen-bond donors (Lipinski definition) is 0. The first-order valence-corrected chi connectivity index (χ1v) is 10.6. The van der Waals surface area contributed by atoms with Crippen LogP contribution in [-0.4, -0.2) is 41.9 Å². The molecule has 1 fully saturated rings. The molecule has 156 valence electrons. The summed E-state index contributed by atoms with van der Waals surface area (Å²) in [5.74, 6) is -1.14. The highest BCUT2D eigenvalue weighted by Gasteiger charge is 2.48. The highest BCUT2D eigenvalue weighted by molar-refractivity contribution is 6.14. The Morgan fingerprint density at radius 2 is 1.32 bits per heavy atom. The third-order valence-corrected chi connectivity index (χ3v) is 6.12. The van der Waals surface area contributed by atoms with Crippen molar-refractivity contribution in [1.82, 2.24) is 4.90 Å². The highest BCUT2D eigenvalue weighted by atomic mass is 16.2. The Morgan fingerprint density at radius 1 is 0.839 bits per heavy atom. The average molecular weight is 411 g/mol. The Bertz CT molecular complexity index is 1040. The second-order valence-corrected chi connectivity index (χ2v) is 7.97. The molecule has 1 amide bonds. The summed E-state index contributed by atoms with van der Waals surface area (Å²) in [7, 11) is 1.78. The summed E-state index contributed by atoms with van der Waals surface area (Å²) in [6.07, 6.45) is 0. The summed E-state index contributed by atoms with van der Waals surface area (Å²) in [5, 5.41) is 0. The van der Waals surface area contributed by atoms with Crippen LogP contribution in [0.3, 0.4) is 0 Å². The van der Waals surface area contributed by atoms with E-state index in [1.807, 2.05) is 97.9 Å². The molecule has 0 spiro atoms. The molecule has 0 N–H and O–H groups in total. The van der Waals surface area contributed by atoms with E-state index in [0.29, 0.717) is 0 Å². The van der Waals surface area contributed by atoms with E-state index in [-0.39, 0.29) is 30.2 Å². The number of likely N-dealkylation sites (N-methyl/N-ethyl adjacent to an activating group) is 1. The molecule has 0 aliphatic carbocycles. The van der Waals surface area contributed by atoms with Crippen LogP contribution in [0.4, 0.5) is 0 Å². The Morgan fingerprint density at radius 3 is 1.84 bits per heavy atom. The number of nitrogens with zero attached hydrogens (tertiary/aromatic N) is 2. The second kappa shape index (κ2) is 9.09. The third-order valence-electron chi connectivity index (χ3n) is 6.12. The van der Waals surface area contributed by atoms with E-state index in [2.05, 4.69) is 0 Å². The lowest BCUT2D eigenvalue weighted by Gasteiger charge is -2.21. The molecular formula is C27H26N2O2. The molecule has 4 rings (SSSR count). The largest absolute Gasteiger partial charge is 0.342 e. The average Bonchev–Trinajstić information content (AvgIpc) is 3.05. The number of aliphatic imine (C=N–C) groups is 1. The van der Waals surface area contributed by atoms with Crippen LogP contribution in [0.15, 0.2) is 96.0 Å². The van der Waals surface area contributed by atoms with E-state index in [0.717, 1.165) is 22.4 Å². The zero-order chi connectivity index (χ0) is 21.8. The number of carbonyl (C=O) groups excluding carboxylic acids is 2. The van der Waals surface area contributed by atoms with Crippen LogP contribution in [0.25, 0.3) is 0 Å². The van der Waals surface area contributed by atoms with Gasteiger partial charge in [0.1, 0.15) is 5.92 Å². The standard InChI is InChI=1S/C27H26N2O2/c1-19-24(20-12-6-3-7-13-20)25(27(31)29(19)2)23(30)18-28-26(21-14-8-4-9-15-21)22-16-10-5-11-17-22/h3-17,19,24-25H,18H2,1-2H3/t19-,24-,25?/m0/s1. The first kappa shape index (κ1) is 20.7. The topological polar surface area (TPSA) is 49.7 Å². The number of carbonyl (C=O) groups is 2. The van der Waals surface area contributed by atoms with E-state index in [9.17, 15) is 9.59 Å². The molecule has 3 aromatic rings. The van der Waals surface area contributed by atoms with Crippen molar-refractivity contribution in [2.24, 2.45) is 10.9 Å². The molecule has 4 nitrogen and oxygen atoms in total. The predicted molar refractivity (Wildman–Crippen MR) is 123 cm³/mol. The summed E-state index contributed by atoms with van der Waals surface area (Å²) in [6.45, 7) is 1.98. The van der Waals surface area contributed by atoms with Gasteiger partial charge in [-0.25, -0.2) is 0 Å².